The van der Waals surface area contributed by atoms with E-state index in [1.54, 1.807) is 27.0 Å². The van der Waals surface area contributed by atoms with Crippen LogP contribution in [0.15, 0.2) is 210 Å². The Hall–Kier alpha value is -8.90. The molecule has 6 aromatic carbocycles. The monoisotopic (exact) mass is 1440 g/mol. The van der Waals surface area contributed by atoms with E-state index in [-0.39, 0.29) is 0 Å². The van der Waals surface area contributed by atoms with Crippen molar-refractivity contribution in [1.29, 1.82) is 0 Å². The summed E-state index contributed by atoms with van der Waals surface area (Å²) in [6.07, 6.45) is -2.40. The highest BCUT2D eigenvalue weighted by Gasteiger charge is 2.32. The molecule has 99 heavy (non-hydrogen) atoms. The van der Waals surface area contributed by atoms with Gasteiger partial charge in [-0.05, 0) is 191 Å². The lowest BCUT2D eigenvalue weighted by atomic mass is 10.1. The van der Waals surface area contributed by atoms with Crippen molar-refractivity contribution in [2.45, 2.75) is 103 Å². The summed E-state index contributed by atoms with van der Waals surface area (Å²) in [5, 5.41) is 23.4. The zero-order valence-electron chi connectivity index (χ0n) is 59.7. The molecule has 0 aliphatic carbocycles. The van der Waals surface area contributed by atoms with Gasteiger partial charge in [-0.15, -0.1) is 0 Å². The molecule has 5 heterocycles. The number of nitrogens with zero attached hydrogens (tertiary/aromatic N) is 11. The highest BCUT2D eigenvalue weighted by atomic mass is 35.5. The quantitative estimate of drug-likeness (QED) is 0.0881. The number of benzene rings is 6. The highest BCUT2D eigenvalue weighted by molar-refractivity contribution is 6.67. The van der Waals surface area contributed by atoms with Crippen LogP contribution in [-0.4, -0.2) is 77.7 Å². The van der Waals surface area contributed by atoms with E-state index in [0.29, 0.717) is 38.0 Å². The van der Waals surface area contributed by atoms with Gasteiger partial charge < -0.3 is 9.68 Å². The molecule has 13 nitrogen and oxygen atoms in total. The summed E-state index contributed by atoms with van der Waals surface area (Å²) in [4.78, 5) is 20.5. The Morgan fingerprint density at radius 2 is 1.02 bits per heavy atom. The molecule has 11 rings (SSSR count). The van der Waals surface area contributed by atoms with Crippen LogP contribution in [0.3, 0.4) is 0 Å². The number of aryl methyl sites for hydroxylation is 12. The Balaban J connectivity index is 0.000000292. The summed E-state index contributed by atoms with van der Waals surface area (Å²) in [7, 11) is 8.56. The van der Waals surface area contributed by atoms with E-state index in [0.717, 1.165) is 55.8 Å². The van der Waals surface area contributed by atoms with E-state index >= 15 is 0 Å². The predicted octanol–water partition coefficient (Wildman–Crippen LogP) is 22.4. The standard InChI is InChI=1S/C12H14N2.C11H11ClN2.C10H9ClN2.C9H12.C8H15N3O2.C8H10.C7H6F3N.C7H8.C6H4Cl3N/c1-9-10(2)14(3)13-12(9)11-7-5-4-6-8-11;1-8-7-11(13-14(8)2)9-3-5-10(12)6-4-9;1-8-6-7-13(12-8)10-4-2-9(11)3-5-10;1-7-4-5-8(2)9(3)6-7;1-6(9-3)8(11-13-5)7(2)10-12-4;1-7-5-3-4-6-8(7)2;1-5-3-2-4-6(11-5)7(8,9)10;1-7-5-3-2-4-6-7;1-3-4(7)2-5(8)6(9)10-3/h4-8H,1-3H3;3-7H,1-2H3;2-7H,1H3;4-6H,1-3H3;1-5H3;3-6H,1-2H3;2-4H,1H3;2-6H,1H3;2H,1H3/b;;;;9-6?,10-7-,11-8-;;;;. The topological polar surface area (TPSA) is 135 Å². The van der Waals surface area contributed by atoms with Gasteiger partial charge in [0.25, 0.3) is 0 Å². The Labute approximate surface area is 608 Å². The number of alkyl halides is 3. The summed E-state index contributed by atoms with van der Waals surface area (Å²) in [6.45, 7) is 27.8. The number of halogens is 8. The fourth-order valence-corrected chi connectivity index (χ4v) is 8.94. The summed E-state index contributed by atoms with van der Waals surface area (Å²) < 4.78 is 41.3. The third-order valence-corrected chi connectivity index (χ3v) is 16.0. The van der Waals surface area contributed by atoms with Crippen molar-refractivity contribution in [2.75, 3.05) is 21.3 Å². The normalized spacial score (nSPS) is 10.8. The molecule has 0 fully saturated rings. The van der Waals surface area contributed by atoms with Crippen molar-refractivity contribution in [3.63, 3.8) is 0 Å². The van der Waals surface area contributed by atoms with E-state index in [9.17, 15) is 13.2 Å². The fourth-order valence-electron chi connectivity index (χ4n) is 8.15. The Bertz CT molecular complexity index is 4210. The molecule has 0 N–H and O–H groups in total. The van der Waals surface area contributed by atoms with Crippen LogP contribution < -0.4 is 0 Å². The number of aliphatic imine (C=N–C) groups is 1. The first-order chi connectivity index (χ1) is 46.8. The molecule has 21 heteroatoms. The molecule has 5 aromatic heterocycles. The zero-order valence-corrected chi connectivity index (χ0v) is 63.5. The minimum atomic E-state index is -4.33. The van der Waals surface area contributed by atoms with E-state index in [1.807, 2.05) is 146 Å². The number of hydrogen-bond donors (Lipinski definition) is 0. The maximum Gasteiger partial charge on any atom is 0.433 e. The SMILES string of the molecule is CN=C(C)C(=N/OC)/C(C)=N\OC.Cc1c(-c2ccccc2)nn(C)c1C.Cc1cc(-c2ccc(Cl)cc2)nn1C.Cc1ccc(C)c(C)c1.Cc1cccc(C(F)(F)F)n1.Cc1ccccc1.Cc1ccccc1C.Cc1ccn(-c2ccc(Cl)cc2)n1.Cc1nc(Cl)c(Cl)cc1Cl. The molecule has 0 aliphatic rings. The van der Waals surface area contributed by atoms with Gasteiger partial charge in [-0.3, -0.25) is 14.4 Å². The molecule has 0 atom stereocenters. The van der Waals surface area contributed by atoms with Gasteiger partial charge in [0.2, 0.25) is 0 Å². The van der Waals surface area contributed by atoms with Crippen LogP contribution >= 0.6 is 58.0 Å². The van der Waals surface area contributed by atoms with E-state index in [1.165, 1.54) is 83.5 Å². The number of oxime groups is 2. The van der Waals surface area contributed by atoms with Crippen molar-refractivity contribution in [1.82, 2.24) is 39.3 Å². The van der Waals surface area contributed by atoms with Crippen molar-refractivity contribution in [3.05, 3.63) is 293 Å². The molecule has 0 bridgehead atoms. The van der Waals surface area contributed by atoms with Crippen LogP contribution in [0.25, 0.3) is 28.2 Å². The van der Waals surface area contributed by atoms with Crippen LogP contribution in [-0.2, 0) is 29.9 Å². The van der Waals surface area contributed by atoms with E-state index in [2.05, 4.69) is 178 Å². The van der Waals surface area contributed by atoms with Gasteiger partial charge in [-0.25, -0.2) is 14.6 Å². The van der Waals surface area contributed by atoms with Gasteiger partial charge in [0, 0.05) is 65.6 Å². The first-order valence-corrected chi connectivity index (χ1v) is 33.0. The van der Waals surface area contributed by atoms with Crippen LogP contribution in [0.2, 0.25) is 25.2 Å². The summed E-state index contributed by atoms with van der Waals surface area (Å²) in [5.41, 5.74) is 20.4. The summed E-state index contributed by atoms with van der Waals surface area (Å²) in [5.74, 6) is 0. The highest BCUT2D eigenvalue weighted by Crippen LogP contribution is 2.28. The van der Waals surface area contributed by atoms with Crippen LogP contribution in [0, 0.1) is 83.1 Å². The van der Waals surface area contributed by atoms with Gasteiger partial charge in [-0.1, -0.05) is 201 Å². The lowest BCUT2D eigenvalue weighted by molar-refractivity contribution is -0.141. The minimum Gasteiger partial charge on any atom is -0.399 e. The van der Waals surface area contributed by atoms with Crippen molar-refractivity contribution in [3.8, 4) is 28.2 Å². The third kappa shape index (κ3) is 30.8. The second-order valence-electron chi connectivity index (χ2n) is 22.3. The number of aromatic nitrogens is 8. The Morgan fingerprint density at radius 3 is 1.43 bits per heavy atom. The van der Waals surface area contributed by atoms with Crippen molar-refractivity contribution < 1.29 is 22.8 Å². The molecule has 524 valence electrons. The molecule has 0 radical (unpaired) electrons. The first kappa shape index (κ1) is 84.3. The summed E-state index contributed by atoms with van der Waals surface area (Å²) >= 11 is 28.5. The maximum atomic E-state index is 11.9. The average Bonchev–Trinajstić information content (AvgIpc) is 1.71. The Kier molecular flexibility index (Phi) is 37.0. The van der Waals surface area contributed by atoms with Crippen LogP contribution in [0.4, 0.5) is 13.2 Å². The number of rotatable bonds is 7. The molecule has 11 aromatic rings. The lowest BCUT2D eigenvalue weighted by Gasteiger charge is -2.04. The predicted molar refractivity (Wildman–Crippen MR) is 409 cm³/mol. The van der Waals surface area contributed by atoms with Crippen LogP contribution in [0.5, 0.6) is 0 Å². The molecule has 0 spiro atoms. The van der Waals surface area contributed by atoms with Gasteiger partial charge >= 0.3 is 6.18 Å². The fraction of sp³-hybridized carbons (Fsp3) is 0.256. The maximum absolute atomic E-state index is 11.9. The Morgan fingerprint density at radius 1 is 0.475 bits per heavy atom. The molecular formula is C78H89Cl5F3N11O2. The van der Waals surface area contributed by atoms with E-state index < -0.39 is 11.9 Å². The second-order valence-corrected chi connectivity index (χ2v) is 24.4. The summed E-state index contributed by atoms with van der Waals surface area (Å²) in [6, 6.07) is 60.1. The third-order valence-electron chi connectivity index (χ3n) is 14.4. The molecule has 0 saturated carbocycles. The van der Waals surface area contributed by atoms with Crippen LogP contribution in [0.1, 0.15) is 87.0 Å². The minimum absolute atomic E-state index is 0.295. The molecule has 0 aliphatic heterocycles. The van der Waals surface area contributed by atoms with Crippen molar-refractivity contribution >= 4 is 75.1 Å². The number of hydrogen-bond acceptors (Lipinski definition) is 10. The van der Waals surface area contributed by atoms with Gasteiger partial charge in [-0.2, -0.15) is 28.5 Å². The molecular weight excluding hydrogens is 1360 g/mol. The average molecular weight is 1450 g/mol. The van der Waals surface area contributed by atoms with E-state index in [4.69, 9.17) is 58.0 Å². The molecule has 0 saturated heterocycles. The first-order valence-electron chi connectivity index (χ1n) is 31.1. The second kappa shape index (κ2) is 43.5. The van der Waals surface area contributed by atoms with Gasteiger partial charge in [0.15, 0.2) is 0 Å². The zero-order chi connectivity index (χ0) is 73.9. The smallest absolute Gasteiger partial charge is 0.399 e. The number of pyridine rings is 2. The molecule has 0 unspecified atom stereocenters. The lowest BCUT2D eigenvalue weighted by Crippen LogP contribution is -2.20. The van der Waals surface area contributed by atoms with Gasteiger partial charge in [0.05, 0.1) is 44.2 Å². The van der Waals surface area contributed by atoms with Crippen molar-refractivity contribution in [2.24, 2.45) is 29.4 Å². The largest absolute Gasteiger partial charge is 0.433 e. The molecule has 0 amide bonds. The van der Waals surface area contributed by atoms with Gasteiger partial charge in [0.1, 0.15) is 36.5 Å².